The van der Waals surface area contributed by atoms with E-state index in [1.165, 1.54) is 0 Å². The van der Waals surface area contributed by atoms with Gasteiger partial charge >= 0.3 is 0 Å². The average molecular weight is 383 g/mol. The van der Waals surface area contributed by atoms with E-state index in [2.05, 4.69) is 5.32 Å². The number of aliphatic hydroxyl groups is 7. The van der Waals surface area contributed by atoms with Gasteiger partial charge in [0, 0.05) is 6.92 Å². The van der Waals surface area contributed by atoms with Gasteiger partial charge in [0.25, 0.3) is 0 Å². The van der Waals surface area contributed by atoms with Crippen molar-refractivity contribution in [2.75, 3.05) is 13.2 Å². The normalized spacial score (nSPS) is 33.8. The number of hydrogen-bond donors (Lipinski definition) is 8. The molecule has 1 aliphatic heterocycles. The zero-order valence-electron chi connectivity index (χ0n) is 14.0. The third-order valence-electron chi connectivity index (χ3n) is 3.93. The second kappa shape index (κ2) is 10.2. The van der Waals surface area contributed by atoms with Crippen LogP contribution in [0.4, 0.5) is 0 Å². The highest BCUT2D eigenvalue weighted by Gasteiger charge is 2.46. The number of ether oxygens (including phenoxy) is 2. The second-order valence-electron chi connectivity index (χ2n) is 5.90. The molecule has 1 aliphatic rings. The van der Waals surface area contributed by atoms with Crippen LogP contribution in [-0.2, 0) is 19.1 Å². The number of carbonyl (C=O) groups excluding carboxylic acids is 2. The maximum Gasteiger partial charge on any atom is 0.217 e. The van der Waals surface area contributed by atoms with Crippen LogP contribution >= 0.6 is 0 Å². The molecule has 1 saturated heterocycles. The molecule has 12 nitrogen and oxygen atoms in total. The van der Waals surface area contributed by atoms with Crippen LogP contribution in [-0.4, -0.2) is 116 Å². The van der Waals surface area contributed by atoms with Crippen LogP contribution in [0.15, 0.2) is 0 Å². The maximum atomic E-state index is 11.1. The Labute approximate surface area is 148 Å². The molecular formula is C14H25NO11. The van der Waals surface area contributed by atoms with Crippen LogP contribution < -0.4 is 5.32 Å². The van der Waals surface area contributed by atoms with Crippen molar-refractivity contribution in [3.8, 4) is 0 Å². The van der Waals surface area contributed by atoms with Gasteiger partial charge < -0.3 is 55.3 Å². The number of carbonyl (C=O) groups is 2. The van der Waals surface area contributed by atoms with Crippen LogP contribution in [0.5, 0.6) is 0 Å². The molecule has 0 bridgehead atoms. The number of nitrogens with one attached hydrogen (secondary N) is 1. The van der Waals surface area contributed by atoms with Gasteiger partial charge in [-0.1, -0.05) is 0 Å². The van der Waals surface area contributed by atoms with Crippen LogP contribution in [0.3, 0.4) is 0 Å². The van der Waals surface area contributed by atoms with Crippen molar-refractivity contribution in [2.24, 2.45) is 0 Å². The third-order valence-corrected chi connectivity index (χ3v) is 3.93. The standard InChI is InChI=1S/C14H25NO11/c1-5(19)15-6(2-16)9(21)13(7(20)3-17)26-14-12(24)11(23)10(22)8(4-18)25-14/h2,6-14,17-18,20-24H,3-4H2,1H3,(H,15,19)/t6-,7+,8+,9+,10+,11-,12+,13+,14?/m0/s1. The van der Waals surface area contributed by atoms with Crippen molar-refractivity contribution < 1.29 is 54.8 Å². The zero-order chi connectivity index (χ0) is 20.0. The van der Waals surface area contributed by atoms with Crippen molar-refractivity contribution in [1.29, 1.82) is 0 Å². The van der Waals surface area contributed by atoms with Crippen LogP contribution in [0.2, 0.25) is 0 Å². The van der Waals surface area contributed by atoms with E-state index < -0.39 is 74.2 Å². The summed E-state index contributed by atoms with van der Waals surface area (Å²) in [5.74, 6) is -0.661. The first kappa shape index (κ1) is 22.8. The monoisotopic (exact) mass is 383 g/mol. The molecule has 0 aromatic rings. The quantitative estimate of drug-likeness (QED) is 0.176. The maximum absolute atomic E-state index is 11.1. The van der Waals surface area contributed by atoms with Crippen molar-refractivity contribution >= 4 is 12.2 Å². The Morgan fingerprint density at radius 3 is 2.27 bits per heavy atom. The van der Waals surface area contributed by atoms with E-state index in [1.54, 1.807) is 0 Å². The molecule has 1 amide bonds. The van der Waals surface area contributed by atoms with Crippen molar-refractivity contribution in [2.45, 2.75) is 62.0 Å². The van der Waals surface area contributed by atoms with Gasteiger partial charge in [0.05, 0.1) is 13.2 Å². The Morgan fingerprint density at radius 2 is 1.81 bits per heavy atom. The first-order valence-electron chi connectivity index (χ1n) is 7.83. The molecule has 0 aliphatic carbocycles. The third kappa shape index (κ3) is 5.39. The summed E-state index contributed by atoms with van der Waals surface area (Å²) >= 11 is 0. The first-order valence-corrected chi connectivity index (χ1v) is 7.83. The Kier molecular flexibility index (Phi) is 8.95. The van der Waals surface area contributed by atoms with E-state index in [0.717, 1.165) is 6.92 Å². The van der Waals surface area contributed by atoms with Crippen LogP contribution in [0, 0.1) is 0 Å². The largest absolute Gasteiger partial charge is 0.394 e. The molecule has 1 fully saturated rings. The number of rotatable bonds is 9. The van der Waals surface area contributed by atoms with Gasteiger partial charge in [0.1, 0.15) is 55.1 Å². The van der Waals surface area contributed by atoms with Crippen molar-refractivity contribution in [3.05, 3.63) is 0 Å². The van der Waals surface area contributed by atoms with E-state index in [-0.39, 0.29) is 6.29 Å². The Bertz CT molecular complexity index is 462. The number of amides is 1. The number of hydrogen-bond acceptors (Lipinski definition) is 11. The van der Waals surface area contributed by atoms with E-state index in [1.807, 2.05) is 0 Å². The fourth-order valence-electron chi connectivity index (χ4n) is 2.48. The minimum atomic E-state index is -1.86. The summed E-state index contributed by atoms with van der Waals surface area (Å²) in [4.78, 5) is 22.2. The zero-order valence-corrected chi connectivity index (χ0v) is 14.0. The predicted octanol–water partition coefficient (Wildman–Crippen LogP) is -5.41. The highest BCUT2D eigenvalue weighted by molar-refractivity contribution is 5.77. The molecule has 1 heterocycles. The van der Waals surface area contributed by atoms with Gasteiger partial charge in [0.2, 0.25) is 5.91 Å². The molecule has 152 valence electrons. The summed E-state index contributed by atoms with van der Waals surface area (Å²) in [6, 6.07) is -1.51. The SMILES string of the molecule is CC(=O)N[C@@H](C=O)[C@@H](O)[C@H](OC1O[C@H](CO)[C@@H](O)[C@H](O)[C@H]1O)[C@H](O)CO. The molecule has 1 unspecified atom stereocenters. The summed E-state index contributed by atoms with van der Waals surface area (Å²) < 4.78 is 10.3. The van der Waals surface area contributed by atoms with Gasteiger partial charge in [-0.05, 0) is 0 Å². The topological polar surface area (TPSA) is 206 Å². The van der Waals surface area contributed by atoms with Gasteiger partial charge in [-0.3, -0.25) is 4.79 Å². The lowest BCUT2D eigenvalue weighted by Crippen LogP contribution is -2.62. The minimum Gasteiger partial charge on any atom is -0.394 e. The molecule has 26 heavy (non-hydrogen) atoms. The highest BCUT2D eigenvalue weighted by atomic mass is 16.7. The van der Waals surface area contributed by atoms with E-state index in [4.69, 9.17) is 19.7 Å². The molecule has 0 aromatic heterocycles. The molecule has 9 atom stereocenters. The molecule has 0 radical (unpaired) electrons. The van der Waals surface area contributed by atoms with Gasteiger partial charge in [0.15, 0.2) is 6.29 Å². The molecule has 0 spiro atoms. The van der Waals surface area contributed by atoms with Gasteiger partial charge in [-0.15, -0.1) is 0 Å². The lowest BCUT2D eigenvalue weighted by molar-refractivity contribution is -0.324. The fraction of sp³-hybridized carbons (Fsp3) is 0.857. The smallest absolute Gasteiger partial charge is 0.217 e. The minimum absolute atomic E-state index is 0.180. The molecule has 1 rings (SSSR count). The molecule has 0 saturated carbocycles. The summed E-state index contributed by atoms with van der Waals surface area (Å²) in [5.41, 5.74) is 0. The summed E-state index contributed by atoms with van der Waals surface area (Å²) in [6.07, 6.45) is -13.4. The number of aldehydes is 1. The van der Waals surface area contributed by atoms with Gasteiger partial charge in [-0.2, -0.15) is 0 Å². The highest BCUT2D eigenvalue weighted by Crippen LogP contribution is 2.24. The molecule has 8 N–H and O–H groups in total. The molecule has 12 heteroatoms. The summed E-state index contributed by atoms with van der Waals surface area (Å²) in [6.45, 7) is -0.562. The average Bonchev–Trinajstić information content (AvgIpc) is 2.62. The number of aliphatic hydroxyl groups excluding tert-OH is 7. The lowest BCUT2D eigenvalue weighted by Gasteiger charge is -2.42. The molecule has 0 aromatic carbocycles. The van der Waals surface area contributed by atoms with Gasteiger partial charge in [-0.25, -0.2) is 0 Å². The Balaban J connectivity index is 2.99. The predicted molar refractivity (Wildman–Crippen MR) is 81.4 cm³/mol. The Morgan fingerprint density at radius 1 is 1.19 bits per heavy atom. The summed E-state index contributed by atoms with van der Waals surface area (Å²) in [7, 11) is 0. The van der Waals surface area contributed by atoms with E-state index in [0.29, 0.717) is 0 Å². The van der Waals surface area contributed by atoms with E-state index >= 15 is 0 Å². The van der Waals surface area contributed by atoms with Crippen LogP contribution in [0.25, 0.3) is 0 Å². The Hall–Kier alpha value is -1.22. The van der Waals surface area contributed by atoms with Crippen molar-refractivity contribution in [1.82, 2.24) is 5.32 Å². The van der Waals surface area contributed by atoms with E-state index in [9.17, 15) is 35.1 Å². The van der Waals surface area contributed by atoms with Crippen molar-refractivity contribution in [3.63, 3.8) is 0 Å². The lowest BCUT2D eigenvalue weighted by atomic mass is 9.98. The van der Waals surface area contributed by atoms with Crippen LogP contribution in [0.1, 0.15) is 6.92 Å². The molecular weight excluding hydrogens is 358 g/mol. The fourth-order valence-corrected chi connectivity index (χ4v) is 2.48. The first-order chi connectivity index (χ1) is 12.2. The second-order valence-corrected chi connectivity index (χ2v) is 5.90. The summed E-state index contributed by atoms with van der Waals surface area (Å²) in [5, 5.41) is 69.9.